The summed E-state index contributed by atoms with van der Waals surface area (Å²) in [5, 5.41) is 6.33. The lowest BCUT2D eigenvalue weighted by molar-refractivity contribution is -0.119. The Kier molecular flexibility index (Phi) is 4.98. The molecule has 1 amide bonds. The lowest BCUT2D eigenvalue weighted by Crippen LogP contribution is -2.25. The van der Waals surface area contributed by atoms with Gasteiger partial charge in [0.25, 0.3) is 0 Å². The molecule has 1 aliphatic heterocycles. The molecule has 1 fully saturated rings. The molecule has 1 aliphatic rings. The highest BCUT2D eigenvalue weighted by atomic mass is 16.5. The van der Waals surface area contributed by atoms with E-state index in [0.29, 0.717) is 12.1 Å². The molecule has 1 saturated heterocycles. The number of nitrogens with zero attached hydrogens (tertiary/aromatic N) is 1. The predicted molar refractivity (Wildman–Crippen MR) is 81.1 cm³/mol. The zero-order valence-electron chi connectivity index (χ0n) is 12.3. The summed E-state index contributed by atoms with van der Waals surface area (Å²) in [7, 11) is 3.66. The summed E-state index contributed by atoms with van der Waals surface area (Å²) < 4.78 is 4.80. The zero-order valence-corrected chi connectivity index (χ0v) is 12.3. The van der Waals surface area contributed by atoms with E-state index >= 15 is 0 Å². The lowest BCUT2D eigenvalue weighted by Gasteiger charge is -2.15. The van der Waals surface area contributed by atoms with Gasteiger partial charge in [-0.3, -0.25) is 4.79 Å². The van der Waals surface area contributed by atoms with Gasteiger partial charge in [-0.05, 0) is 38.6 Å². The minimum absolute atomic E-state index is 0.0720. The van der Waals surface area contributed by atoms with Gasteiger partial charge in [0.15, 0.2) is 0 Å². The van der Waals surface area contributed by atoms with Gasteiger partial charge in [-0.2, -0.15) is 0 Å². The SMILES string of the molecule is COCC(=O)Nc1cccc(NC2CC(C)N(C)C2)c1. The lowest BCUT2D eigenvalue weighted by atomic mass is 10.2. The monoisotopic (exact) mass is 277 g/mol. The maximum Gasteiger partial charge on any atom is 0.250 e. The van der Waals surface area contributed by atoms with E-state index in [2.05, 4.69) is 29.5 Å². The van der Waals surface area contributed by atoms with Crippen molar-refractivity contribution in [2.75, 3.05) is 37.9 Å². The molecule has 1 aromatic carbocycles. The van der Waals surface area contributed by atoms with Crippen molar-refractivity contribution >= 4 is 17.3 Å². The summed E-state index contributed by atoms with van der Waals surface area (Å²) in [5.41, 5.74) is 1.82. The molecule has 5 heteroatoms. The molecule has 2 unspecified atom stereocenters. The van der Waals surface area contributed by atoms with E-state index in [-0.39, 0.29) is 12.5 Å². The molecule has 0 radical (unpaired) electrons. The number of likely N-dealkylation sites (N-methyl/N-ethyl adjacent to an activating group) is 1. The predicted octanol–water partition coefficient (Wildman–Crippen LogP) is 1.78. The van der Waals surface area contributed by atoms with E-state index in [4.69, 9.17) is 4.74 Å². The third-order valence-corrected chi connectivity index (χ3v) is 3.68. The largest absolute Gasteiger partial charge is 0.381 e. The fourth-order valence-electron chi connectivity index (χ4n) is 2.55. The Morgan fingerprint density at radius 1 is 1.45 bits per heavy atom. The Balaban J connectivity index is 1.94. The van der Waals surface area contributed by atoms with Gasteiger partial charge in [0.05, 0.1) is 0 Å². The summed E-state index contributed by atoms with van der Waals surface area (Å²) in [6, 6.07) is 8.86. The first-order valence-corrected chi connectivity index (χ1v) is 6.94. The summed E-state index contributed by atoms with van der Waals surface area (Å²) in [4.78, 5) is 13.8. The molecule has 0 bridgehead atoms. The Morgan fingerprint density at radius 3 is 2.85 bits per heavy atom. The highest BCUT2D eigenvalue weighted by Crippen LogP contribution is 2.21. The summed E-state index contributed by atoms with van der Waals surface area (Å²) in [5.74, 6) is -0.140. The molecule has 0 saturated carbocycles. The summed E-state index contributed by atoms with van der Waals surface area (Å²) >= 11 is 0. The van der Waals surface area contributed by atoms with Crippen molar-refractivity contribution in [3.63, 3.8) is 0 Å². The van der Waals surface area contributed by atoms with Crippen molar-refractivity contribution < 1.29 is 9.53 Å². The third kappa shape index (κ3) is 3.95. The fourth-order valence-corrected chi connectivity index (χ4v) is 2.55. The van der Waals surface area contributed by atoms with Crippen LogP contribution in [0.5, 0.6) is 0 Å². The summed E-state index contributed by atoms with van der Waals surface area (Å²) in [6.45, 7) is 3.35. The number of hydrogen-bond donors (Lipinski definition) is 2. The van der Waals surface area contributed by atoms with Gasteiger partial charge in [0.2, 0.25) is 5.91 Å². The highest BCUT2D eigenvalue weighted by Gasteiger charge is 2.25. The number of anilines is 2. The Hall–Kier alpha value is -1.59. The van der Waals surface area contributed by atoms with Gasteiger partial charge in [-0.1, -0.05) is 6.07 Å². The van der Waals surface area contributed by atoms with E-state index in [1.807, 2.05) is 24.3 Å². The Bertz CT molecular complexity index is 454. The van der Waals surface area contributed by atoms with Gasteiger partial charge < -0.3 is 20.3 Å². The molecule has 2 rings (SSSR count). The minimum Gasteiger partial charge on any atom is -0.381 e. The van der Waals surface area contributed by atoms with E-state index in [1.54, 1.807) is 0 Å². The number of amides is 1. The number of methoxy groups -OCH3 is 1. The number of benzene rings is 1. The van der Waals surface area contributed by atoms with Crippen LogP contribution in [0.25, 0.3) is 0 Å². The number of likely N-dealkylation sites (tertiary alicyclic amines) is 1. The van der Waals surface area contributed by atoms with Crippen LogP contribution in [0.4, 0.5) is 11.4 Å². The Morgan fingerprint density at radius 2 is 2.20 bits per heavy atom. The average Bonchev–Trinajstić information content (AvgIpc) is 2.68. The van der Waals surface area contributed by atoms with Crippen LogP contribution >= 0.6 is 0 Å². The summed E-state index contributed by atoms with van der Waals surface area (Å²) in [6.07, 6.45) is 1.14. The quantitative estimate of drug-likeness (QED) is 0.861. The van der Waals surface area contributed by atoms with Crippen molar-refractivity contribution in [3.05, 3.63) is 24.3 Å². The first-order valence-electron chi connectivity index (χ1n) is 6.94. The van der Waals surface area contributed by atoms with Crippen LogP contribution in [-0.2, 0) is 9.53 Å². The average molecular weight is 277 g/mol. The molecule has 2 N–H and O–H groups in total. The molecule has 1 heterocycles. The molecule has 0 spiro atoms. The van der Waals surface area contributed by atoms with Crippen LogP contribution in [0.1, 0.15) is 13.3 Å². The van der Waals surface area contributed by atoms with Crippen molar-refractivity contribution in [1.82, 2.24) is 4.90 Å². The first-order chi connectivity index (χ1) is 9.58. The van der Waals surface area contributed by atoms with Crippen molar-refractivity contribution in [2.24, 2.45) is 0 Å². The molecule has 0 aliphatic carbocycles. The second kappa shape index (κ2) is 6.72. The smallest absolute Gasteiger partial charge is 0.250 e. The molecule has 2 atom stereocenters. The third-order valence-electron chi connectivity index (χ3n) is 3.68. The van der Waals surface area contributed by atoms with Crippen molar-refractivity contribution in [2.45, 2.75) is 25.4 Å². The molecule has 20 heavy (non-hydrogen) atoms. The second-order valence-electron chi connectivity index (χ2n) is 5.43. The van der Waals surface area contributed by atoms with Crippen LogP contribution in [0.15, 0.2) is 24.3 Å². The number of carbonyl (C=O) groups is 1. The maximum absolute atomic E-state index is 11.5. The van der Waals surface area contributed by atoms with Gasteiger partial charge in [-0.25, -0.2) is 0 Å². The molecular formula is C15H23N3O2. The van der Waals surface area contributed by atoms with Crippen LogP contribution < -0.4 is 10.6 Å². The first kappa shape index (κ1) is 14.8. The maximum atomic E-state index is 11.5. The molecule has 0 aromatic heterocycles. The minimum atomic E-state index is -0.140. The fraction of sp³-hybridized carbons (Fsp3) is 0.533. The van der Waals surface area contributed by atoms with Crippen molar-refractivity contribution in [1.29, 1.82) is 0 Å². The number of hydrogen-bond acceptors (Lipinski definition) is 4. The molecule has 5 nitrogen and oxygen atoms in total. The molecular weight excluding hydrogens is 254 g/mol. The highest BCUT2D eigenvalue weighted by molar-refractivity contribution is 5.92. The van der Waals surface area contributed by atoms with Crippen LogP contribution in [0.3, 0.4) is 0 Å². The zero-order chi connectivity index (χ0) is 14.5. The molecule has 1 aromatic rings. The van der Waals surface area contributed by atoms with Gasteiger partial charge in [0, 0.05) is 37.1 Å². The number of carbonyl (C=O) groups excluding carboxylic acids is 1. The van der Waals surface area contributed by atoms with Gasteiger partial charge in [0.1, 0.15) is 6.61 Å². The van der Waals surface area contributed by atoms with Crippen LogP contribution in [-0.4, -0.2) is 50.2 Å². The number of rotatable bonds is 5. The van der Waals surface area contributed by atoms with Crippen LogP contribution in [0, 0.1) is 0 Å². The normalized spacial score (nSPS) is 22.8. The molecule has 110 valence electrons. The number of ether oxygens (including phenoxy) is 1. The van der Waals surface area contributed by atoms with E-state index in [9.17, 15) is 4.79 Å². The standard InChI is InChI=1S/C15H23N3O2/c1-11-7-14(9-18(11)2)16-12-5-4-6-13(8-12)17-15(19)10-20-3/h4-6,8,11,14,16H,7,9-10H2,1-3H3,(H,17,19). The second-order valence-corrected chi connectivity index (χ2v) is 5.43. The van der Waals surface area contributed by atoms with Gasteiger partial charge in [-0.15, -0.1) is 0 Å². The van der Waals surface area contributed by atoms with E-state index < -0.39 is 0 Å². The number of nitrogens with one attached hydrogen (secondary N) is 2. The van der Waals surface area contributed by atoms with E-state index in [1.165, 1.54) is 7.11 Å². The van der Waals surface area contributed by atoms with Crippen molar-refractivity contribution in [3.8, 4) is 0 Å². The van der Waals surface area contributed by atoms with Crippen LogP contribution in [0.2, 0.25) is 0 Å². The van der Waals surface area contributed by atoms with E-state index in [0.717, 1.165) is 24.3 Å². The topological polar surface area (TPSA) is 53.6 Å². The van der Waals surface area contributed by atoms with Gasteiger partial charge >= 0.3 is 0 Å². The Labute approximate surface area is 120 Å².